The van der Waals surface area contributed by atoms with Crippen LogP contribution in [0.25, 0.3) is 16.8 Å². The van der Waals surface area contributed by atoms with Crippen molar-refractivity contribution in [3.8, 4) is 22.6 Å². The van der Waals surface area contributed by atoms with E-state index in [1.54, 1.807) is 60.3 Å². The van der Waals surface area contributed by atoms with Crippen molar-refractivity contribution < 1.29 is 17.9 Å². The molecule has 0 aliphatic heterocycles. The van der Waals surface area contributed by atoms with Gasteiger partial charge in [-0.3, -0.25) is 4.72 Å². The number of fused-ring (bicyclic) bond motifs is 1. The topological polar surface area (TPSA) is 94.8 Å². The van der Waals surface area contributed by atoms with Crippen molar-refractivity contribution in [2.45, 2.75) is 18.7 Å². The highest BCUT2D eigenvalue weighted by Gasteiger charge is 2.22. The van der Waals surface area contributed by atoms with Gasteiger partial charge in [0.05, 0.1) is 20.4 Å². The number of methoxy groups -OCH3 is 2. The first-order valence-electron chi connectivity index (χ1n) is 9.49. The summed E-state index contributed by atoms with van der Waals surface area (Å²) in [4.78, 5) is 4.60. The molecule has 160 valence electrons. The van der Waals surface area contributed by atoms with Crippen LogP contribution in [0.1, 0.15) is 11.4 Å². The van der Waals surface area contributed by atoms with Gasteiger partial charge in [0, 0.05) is 22.6 Å². The lowest BCUT2D eigenvalue weighted by atomic mass is 10.1. The van der Waals surface area contributed by atoms with E-state index in [9.17, 15) is 8.42 Å². The molecule has 0 spiro atoms. The molecule has 0 radical (unpaired) electrons. The summed E-state index contributed by atoms with van der Waals surface area (Å²) in [6.07, 6.45) is 1.68. The van der Waals surface area contributed by atoms with Gasteiger partial charge in [0.1, 0.15) is 16.4 Å². The average Bonchev–Trinajstić information content (AvgIpc) is 3.17. The molecule has 1 N–H and O–H groups in total. The van der Waals surface area contributed by atoms with Gasteiger partial charge in [-0.2, -0.15) is 5.10 Å². The van der Waals surface area contributed by atoms with Crippen LogP contribution in [0.4, 0.5) is 5.69 Å². The van der Waals surface area contributed by atoms with Crippen LogP contribution in [0.2, 0.25) is 0 Å². The van der Waals surface area contributed by atoms with E-state index in [0.717, 1.165) is 17.0 Å². The quantitative estimate of drug-likeness (QED) is 0.492. The molecule has 0 saturated carbocycles. The third-order valence-corrected chi connectivity index (χ3v) is 6.29. The van der Waals surface area contributed by atoms with E-state index in [2.05, 4.69) is 14.8 Å². The zero-order valence-electron chi connectivity index (χ0n) is 17.6. The molecule has 2 aromatic carbocycles. The zero-order valence-corrected chi connectivity index (χ0v) is 18.4. The van der Waals surface area contributed by atoms with Crippen molar-refractivity contribution >= 4 is 21.4 Å². The minimum atomic E-state index is -3.92. The molecule has 2 aromatic heterocycles. The van der Waals surface area contributed by atoms with Gasteiger partial charge in [-0.15, -0.1) is 0 Å². The number of aromatic nitrogens is 3. The second-order valence-electron chi connectivity index (χ2n) is 7.03. The zero-order chi connectivity index (χ0) is 22.2. The summed E-state index contributed by atoms with van der Waals surface area (Å²) >= 11 is 0. The maximum atomic E-state index is 13.2. The number of rotatable bonds is 6. The Bertz CT molecular complexity index is 1360. The summed E-state index contributed by atoms with van der Waals surface area (Å²) in [6.45, 7) is 3.85. The van der Waals surface area contributed by atoms with Crippen molar-refractivity contribution in [3.05, 3.63) is 66.1 Å². The third-order valence-electron chi connectivity index (χ3n) is 4.88. The predicted molar refractivity (Wildman–Crippen MR) is 118 cm³/mol. The van der Waals surface area contributed by atoms with Gasteiger partial charge in [0.2, 0.25) is 0 Å². The number of sulfonamides is 1. The largest absolute Gasteiger partial charge is 0.497 e. The summed E-state index contributed by atoms with van der Waals surface area (Å²) in [5.74, 6) is 0.871. The molecule has 31 heavy (non-hydrogen) atoms. The first-order chi connectivity index (χ1) is 14.8. The normalized spacial score (nSPS) is 11.5. The molecule has 0 aliphatic carbocycles. The molecule has 4 rings (SSSR count). The van der Waals surface area contributed by atoms with Crippen molar-refractivity contribution in [2.24, 2.45) is 0 Å². The molecule has 0 saturated heterocycles. The molecule has 0 aliphatic rings. The van der Waals surface area contributed by atoms with Crippen molar-refractivity contribution in [3.63, 3.8) is 0 Å². The van der Waals surface area contributed by atoms with E-state index >= 15 is 0 Å². The van der Waals surface area contributed by atoms with E-state index in [1.165, 1.54) is 7.11 Å². The fraction of sp³-hybridized carbons (Fsp3) is 0.182. The van der Waals surface area contributed by atoms with Crippen molar-refractivity contribution in [2.75, 3.05) is 18.9 Å². The Morgan fingerprint density at radius 3 is 2.39 bits per heavy atom. The number of ether oxygens (including phenoxy) is 2. The maximum absolute atomic E-state index is 13.2. The summed E-state index contributed by atoms with van der Waals surface area (Å²) in [6, 6.07) is 13.6. The molecular formula is C22H22N4O4S. The fourth-order valence-electron chi connectivity index (χ4n) is 3.40. The van der Waals surface area contributed by atoms with Gasteiger partial charge < -0.3 is 9.47 Å². The van der Waals surface area contributed by atoms with E-state index in [0.29, 0.717) is 22.6 Å². The lowest BCUT2D eigenvalue weighted by Crippen LogP contribution is -2.14. The fourth-order valence-corrected chi connectivity index (χ4v) is 4.65. The van der Waals surface area contributed by atoms with Crippen LogP contribution in [-0.4, -0.2) is 37.2 Å². The average molecular weight is 439 g/mol. The van der Waals surface area contributed by atoms with E-state index < -0.39 is 10.0 Å². The number of aryl methyl sites for hydroxylation is 2. The lowest BCUT2D eigenvalue weighted by molar-refractivity contribution is 0.403. The van der Waals surface area contributed by atoms with Gasteiger partial charge >= 0.3 is 0 Å². The monoisotopic (exact) mass is 438 g/mol. The number of hydrogen-bond acceptors (Lipinski definition) is 6. The predicted octanol–water partition coefficient (Wildman–Crippen LogP) is 3.83. The van der Waals surface area contributed by atoms with Gasteiger partial charge in [-0.05, 0) is 61.9 Å². The Morgan fingerprint density at radius 1 is 0.968 bits per heavy atom. The van der Waals surface area contributed by atoms with Crippen molar-refractivity contribution in [1.82, 2.24) is 14.6 Å². The summed E-state index contributed by atoms with van der Waals surface area (Å²) < 4.78 is 41.1. The van der Waals surface area contributed by atoms with Crippen LogP contribution in [0.3, 0.4) is 0 Å². The molecule has 0 bridgehead atoms. The van der Waals surface area contributed by atoms with Crippen LogP contribution in [-0.2, 0) is 10.0 Å². The van der Waals surface area contributed by atoms with Crippen molar-refractivity contribution in [1.29, 1.82) is 0 Å². The SMILES string of the molecule is COc1ccc(NS(=O)(=O)c2cc(-c3cnn4c(C)cc(C)nc34)ccc2OC)cc1. The lowest BCUT2D eigenvalue weighted by Gasteiger charge is -2.13. The summed E-state index contributed by atoms with van der Waals surface area (Å²) in [7, 11) is -0.937. The second kappa shape index (κ2) is 7.92. The minimum absolute atomic E-state index is 0.0204. The molecule has 0 atom stereocenters. The number of benzene rings is 2. The van der Waals surface area contributed by atoms with Crippen LogP contribution >= 0.6 is 0 Å². The number of nitrogens with one attached hydrogen (secondary N) is 1. The molecule has 0 unspecified atom stereocenters. The van der Waals surface area contributed by atoms with Crippen LogP contribution in [0.5, 0.6) is 11.5 Å². The van der Waals surface area contributed by atoms with E-state index in [4.69, 9.17) is 9.47 Å². The Morgan fingerprint density at radius 2 is 1.71 bits per heavy atom. The molecule has 4 aromatic rings. The Hall–Kier alpha value is -3.59. The van der Waals surface area contributed by atoms with E-state index in [-0.39, 0.29) is 10.6 Å². The molecule has 9 heteroatoms. The van der Waals surface area contributed by atoms with Crippen LogP contribution in [0, 0.1) is 13.8 Å². The smallest absolute Gasteiger partial charge is 0.265 e. The first kappa shape index (κ1) is 20.7. The van der Waals surface area contributed by atoms with Gasteiger partial charge in [0.25, 0.3) is 10.0 Å². The van der Waals surface area contributed by atoms with Gasteiger partial charge in [0.15, 0.2) is 5.65 Å². The highest BCUT2D eigenvalue weighted by atomic mass is 32.2. The first-order valence-corrected chi connectivity index (χ1v) is 11.0. The number of hydrogen-bond donors (Lipinski definition) is 1. The highest BCUT2D eigenvalue weighted by Crippen LogP contribution is 2.33. The van der Waals surface area contributed by atoms with Crippen LogP contribution < -0.4 is 14.2 Å². The minimum Gasteiger partial charge on any atom is -0.497 e. The third kappa shape index (κ3) is 3.91. The summed E-state index contributed by atoms with van der Waals surface area (Å²) in [5.41, 5.74) is 4.27. The van der Waals surface area contributed by atoms with Gasteiger partial charge in [-0.1, -0.05) is 6.07 Å². The molecule has 0 amide bonds. The highest BCUT2D eigenvalue weighted by molar-refractivity contribution is 7.92. The molecule has 0 fully saturated rings. The van der Waals surface area contributed by atoms with E-state index in [1.807, 2.05) is 19.9 Å². The molecular weight excluding hydrogens is 416 g/mol. The molecule has 8 nitrogen and oxygen atoms in total. The number of anilines is 1. The summed E-state index contributed by atoms with van der Waals surface area (Å²) in [5, 5.41) is 4.40. The Balaban J connectivity index is 1.79. The van der Waals surface area contributed by atoms with Crippen LogP contribution in [0.15, 0.2) is 59.6 Å². The second-order valence-corrected chi connectivity index (χ2v) is 8.68. The maximum Gasteiger partial charge on any atom is 0.265 e. The molecule has 2 heterocycles. The number of nitrogens with zero attached hydrogens (tertiary/aromatic N) is 3. The standard InChI is InChI=1S/C22H22N4O4S/c1-14-11-15(2)26-22(24-14)19(13-23-26)16-5-10-20(30-4)21(12-16)31(27,28)25-17-6-8-18(29-3)9-7-17/h5-13,25H,1-4H3. The Kier molecular flexibility index (Phi) is 5.28. The van der Waals surface area contributed by atoms with Gasteiger partial charge in [-0.25, -0.2) is 17.9 Å². The Labute approximate surface area is 180 Å².